The SMILES string of the molecule is CC(C)(C)c1cc(CCC(=O)NNC(=O)c2ccc(C(=O)NNC(=O)CCc3cc(C(C)(C)C)c(O)c(C(C)(C)C)c3)c3c(C(=O)O)ccc(C(=O)O)c23)cc(C(C)(C)C)c1O. The second kappa shape index (κ2) is 17.9. The first-order valence-corrected chi connectivity index (χ1v) is 20.4. The minimum atomic E-state index is -1.52. The van der Waals surface area contributed by atoms with Crippen LogP contribution in [0.15, 0.2) is 48.5 Å². The molecule has 4 amide bonds. The van der Waals surface area contributed by atoms with Crippen molar-refractivity contribution in [1.29, 1.82) is 0 Å². The molecule has 0 aliphatic rings. The van der Waals surface area contributed by atoms with Gasteiger partial charge in [-0.05, 0) is 92.1 Å². The zero-order valence-electron chi connectivity index (χ0n) is 37.7. The summed E-state index contributed by atoms with van der Waals surface area (Å²) in [6.07, 6.45) is 0.377. The monoisotopic (exact) mass is 852 g/mol. The molecule has 4 aromatic carbocycles. The number of fused-ring (bicyclic) bond motifs is 1. The molecule has 0 radical (unpaired) electrons. The molecule has 62 heavy (non-hydrogen) atoms. The maximum Gasteiger partial charge on any atom is 0.336 e. The van der Waals surface area contributed by atoms with Crippen LogP contribution in [0.1, 0.15) is 171 Å². The summed E-state index contributed by atoms with van der Waals surface area (Å²) in [6, 6.07) is 11.7. The van der Waals surface area contributed by atoms with Gasteiger partial charge in [-0.1, -0.05) is 107 Å². The number of phenols is 2. The van der Waals surface area contributed by atoms with Gasteiger partial charge in [-0.3, -0.25) is 40.9 Å². The van der Waals surface area contributed by atoms with E-state index < -0.39 is 46.7 Å². The summed E-state index contributed by atoms with van der Waals surface area (Å²) >= 11 is 0. The van der Waals surface area contributed by atoms with Crippen molar-refractivity contribution >= 4 is 46.3 Å². The van der Waals surface area contributed by atoms with E-state index in [0.29, 0.717) is 0 Å². The normalized spacial score (nSPS) is 12.1. The fourth-order valence-corrected chi connectivity index (χ4v) is 7.22. The number of nitrogens with one attached hydrogen (secondary N) is 4. The van der Waals surface area contributed by atoms with Gasteiger partial charge in [-0.15, -0.1) is 0 Å². The molecule has 0 bridgehead atoms. The van der Waals surface area contributed by atoms with Crippen molar-refractivity contribution < 1.29 is 49.2 Å². The highest BCUT2D eigenvalue weighted by molar-refractivity contribution is 6.23. The average molecular weight is 853 g/mol. The molecule has 8 N–H and O–H groups in total. The molecule has 0 aliphatic carbocycles. The first-order valence-electron chi connectivity index (χ1n) is 20.4. The van der Waals surface area contributed by atoms with Crippen LogP contribution in [0.3, 0.4) is 0 Å². The fraction of sp³-hybridized carbons (Fsp3) is 0.417. The third-order valence-electron chi connectivity index (χ3n) is 10.6. The molecule has 0 unspecified atom stereocenters. The highest BCUT2D eigenvalue weighted by Gasteiger charge is 2.30. The molecule has 0 aromatic heterocycles. The van der Waals surface area contributed by atoms with Gasteiger partial charge in [-0.2, -0.15) is 0 Å². The van der Waals surface area contributed by atoms with Gasteiger partial charge < -0.3 is 20.4 Å². The minimum Gasteiger partial charge on any atom is -0.507 e. The predicted molar refractivity (Wildman–Crippen MR) is 237 cm³/mol. The number of hydrogen-bond donors (Lipinski definition) is 8. The van der Waals surface area contributed by atoms with Crippen LogP contribution in [0.25, 0.3) is 10.8 Å². The zero-order chi connectivity index (χ0) is 46.9. The van der Waals surface area contributed by atoms with Crippen LogP contribution >= 0.6 is 0 Å². The topological polar surface area (TPSA) is 231 Å². The Morgan fingerprint density at radius 3 is 0.935 bits per heavy atom. The van der Waals surface area contributed by atoms with Gasteiger partial charge in [0.05, 0.1) is 11.1 Å². The van der Waals surface area contributed by atoms with Crippen molar-refractivity contribution in [2.24, 2.45) is 0 Å². The number of carbonyl (C=O) groups is 6. The van der Waals surface area contributed by atoms with Gasteiger partial charge in [0.2, 0.25) is 11.8 Å². The average Bonchev–Trinajstić information content (AvgIpc) is 3.15. The number of phenolic OH excluding ortho intramolecular Hbond substituents is 2. The third-order valence-corrected chi connectivity index (χ3v) is 10.6. The number of benzene rings is 4. The summed E-state index contributed by atoms with van der Waals surface area (Å²) in [5, 5.41) is 41.6. The van der Waals surface area contributed by atoms with E-state index in [0.717, 1.165) is 57.6 Å². The van der Waals surface area contributed by atoms with E-state index in [1.165, 1.54) is 0 Å². The first kappa shape index (κ1) is 48.2. The number of carboxylic acid groups (broad SMARTS) is 2. The minimum absolute atomic E-state index is 0.0712. The number of carboxylic acids is 2. The van der Waals surface area contributed by atoms with E-state index in [9.17, 15) is 49.2 Å². The van der Waals surface area contributed by atoms with Gasteiger partial charge in [0.15, 0.2) is 0 Å². The molecule has 0 saturated heterocycles. The highest BCUT2D eigenvalue weighted by atomic mass is 16.4. The number of hydrazine groups is 2. The van der Waals surface area contributed by atoms with Gasteiger partial charge in [0.1, 0.15) is 11.5 Å². The predicted octanol–water partition coefficient (Wildman–Crippen LogP) is 7.63. The second-order valence-electron chi connectivity index (χ2n) is 19.8. The molecule has 332 valence electrons. The number of rotatable bonds is 10. The maximum absolute atomic E-state index is 13.6. The standard InChI is InChI=1S/C48H60N4O10/c1-45(2,3)31-21-25(22-32(39(31)55)46(4,5)6)13-19-35(53)49-51-41(57)27-15-16-28(38-30(44(61)62)18-17-29(37(27)38)43(59)60)42(58)52-50-36(54)20-14-26-23-33(47(7,8)9)40(56)34(24-26)48(10,11)12/h15-18,21-24,55-56H,13-14,19-20H2,1-12H3,(H,49,53)(H,50,54)(H,51,57)(H,52,58)(H,59,60)(H,61,62). The van der Waals surface area contributed by atoms with E-state index in [4.69, 9.17) is 0 Å². The van der Waals surface area contributed by atoms with E-state index in [-0.39, 0.29) is 80.7 Å². The zero-order valence-corrected chi connectivity index (χ0v) is 37.7. The Kier molecular flexibility index (Phi) is 13.9. The van der Waals surface area contributed by atoms with Crippen LogP contribution < -0.4 is 21.7 Å². The van der Waals surface area contributed by atoms with Gasteiger partial charge in [0, 0.05) is 34.7 Å². The molecule has 4 aromatic rings. The van der Waals surface area contributed by atoms with Crippen molar-refractivity contribution in [2.45, 2.75) is 130 Å². The van der Waals surface area contributed by atoms with Crippen molar-refractivity contribution in [3.05, 3.63) is 104 Å². The number of aromatic carboxylic acids is 2. The van der Waals surface area contributed by atoms with Gasteiger partial charge in [-0.25, -0.2) is 9.59 Å². The largest absolute Gasteiger partial charge is 0.507 e. The summed E-state index contributed by atoms with van der Waals surface area (Å²) in [6.45, 7) is 23.7. The Labute approximate surface area is 362 Å². The van der Waals surface area contributed by atoms with Crippen LogP contribution in [0.4, 0.5) is 0 Å². The summed E-state index contributed by atoms with van der Waals surface area (Å²) < 4.78 is 0. The number of hydrogen-bond acceptors (Lipinski definition) is 8. The van der Waals surface area contributed by atoms with Crippen LogP contribution in [0.5, 0.6) is 11.5 Å². The summed E-state index contributed by atoms with van der Waals surface area (Å²) in [5.74, 6) is -5.79. The Hall–Kier alpha value is -6.44. The van der Waals surface area contributed by atoms with Crippen molar-refractivity contribution in [1.82, 2.24) is 21.7 Å². The maximum atomic E-state index is 13.6. The molecule has 14 heteroatoms. The molecule has 0 fully saturated rings. The first-order chi connectivity index (χ1) is 28.4. The molecule has 0 aliphatic heterocycles. The highest BCUT2D eigenvalue weighted by Crippen LogP contribution is 2.41. The number of aromatic hydroxyl groups is 2. The van der Waals surface area contributed by atoms with E-state index >= 15 is 0 Å². The third kappa shape index (κ3) is 11.1. The lowest BCUT2D eigenvalue weighted by molar-refractivity contribution is -0.122. The number of aryl methyl sites for hydroxylation is 2. The Balaban J connectivity index is 1.56. The van der Waals surface area contributed by atoms with Crippen LogP contribution in [-0.2, 0) is 44.1 Å². The molecule has 0 spiro atoms. The molecular formula is C48H60N4O10. The molecule has 14 nitrogen and oxygen atoms in total. The van der Waals surface area contributed by atoms with E-state index in [2.05, 4.69) is 21.7 Å². The van der Waals surface area contributed by atoms with Crippen LogP contribution in [-0.4, -0.2) is 56.0 Å². The number of carbonyl (C=O) groups excluding carboxylic acids is 4. The summed E-state index contributed by atoms with van der Waals surface area (Å²) in [4.78, 5) is 78.3. The van der Waals surface area contributed by atoms with Crippen LogP contribution in [0.2, 0.25) is 0 Å². The van der Waals surface area contributed by atoms with Crippen molar-refractivity contribution in [2.75, 3.05) is 0 Å². The smallest absolute Gasteiger partial charge is 0.336 e. The quantitative estimate of drug-likeness (QED) is 0.0727. The van der Waals surface area contributed by atoms with E-state index in [1.54, 1.807) is 0 Å². The Bertz CT molecular complexity index is 2220. The van der Waals surface area contributed by atoms with Crippen molar-refractivity contribution in [3.8, 4) is 11.5 Å². The van der Waals surface area contributed by atoms with Crippen LogP contribution in [0, 0.1) is 0 Å². The Morgan fingerprint density at radius 1 is 0.435 bits per heavy atom. The lowest BCUT2D eigenvalue weighted by Crippen LogP contribution is -2.42. The number of amides is 4. The Morgan fingerprint density at radius 2 is 0.694 bits per heavy atom. The molecular weight excluding hydrogens is 793 g/mol. The second-order valence-corrected chi connectivity index (χ2v) is 19.8. The van der Waals surface area contributed by atoms with Gasteiger partial charge >= 0.3 is 11.9 Å². The van der Waals surface area contributed by atoms with Crippen molar-refractivity contribution in [3.63, 3.8) is 0 Å². The molecule has 4 rings (SSSR count). The molecule has 0 saturated carbocycles. The van der Waals surface area contributed by atoms with E-state index in [1.807, 2.05) is 107 Å². The molecule has 0 atom stereocenters. The lowest BCUT2D eigenvalue weighted by atomic mass is 9.78. The summed E-state index contributed by atoms with van der Waals surface area (Å²) in [5.41, 5.74) is 10.5. The lowest BCUT2D eigenvalue weighted by Gasteiger charge is -2.28. The fourth-order valence-electron chi connectivity index (χ4n) is 7.22. The molecule has 0 heterocycles. The summed E-state index contributed by atoms with van der Waals surface area (Å²) in [7, 11) is 0. The van der Waals surface area contributed by atoms with Gasteiger partial charge in [0.25, 0.3) is 11.8 Å².